The number of hydrogen-bond acceptors (Lipinski definition) is 5. The first-order valence-electron chi connectivity index (χ1n) is 7.35. The van der Waals surface area contributed by atoms with Gasteiger partial charge >= 0.3 is 0 Å². The van der Waals surface area contributed by atoms with Crippen molar-refractivity contribution in [2.75, 3.05) is 5.32 Å². The highest BCUT2D eigenvalue weighted by Crippen LogP contribution is 2.41. The van der Waals surface area contributed by atoms with E-state index in [2.05, 4.69) is 10.0 Å². The van der Waals surface area contributed by atoms with Crippen molar-refractivity contribution in [1.82, 2.24) is 4.72 Å². The molecule has 8 heteroatoms. The second-order valence-corrected chi connectivity index (χ2v) is 7.95. The lowest BCUT2D eigenvalue weighted by Crippen LogP contribution is -2.42. The molecule has 0 spiro atoms. The van der Waals surface area contributed by atoms with Gasteiger partial charge in [0.05, 0.1) is 21.4 Å². The maximum absolute atomic E-state index is 12.7. The molecule has 0 amide bonds. The molecule has 24 heavy (non-hydrogen) atoms. The fraction of sp³-hybridized carbons (Fsp3) is 0.250. The van der Waals surface area contributed by atoms with E-state index in [-0.39, 0.29) is 10.6 Å². The topological polar surface area (TPSA) is 101 Å². The zero-order valence-corrected chi connectivity index (χ0v) is 14.0. The molecular weight excluding hydrogens is 330 g/mol. The average Bonchev–Trinajstić information content (AvgIpc) is 2.77. The summed E-state index contributed by atoms with van der Waals surface area (Å²) in [5.41, 5.74) is 1.10. The smallest absolute Gasteiger partial charge is 0.269 e. The highest BCUT2D eigenvalue weighted by Gasteiger charge is 2.40. The van der Waals surface area contributed by atoms with Crippen molar-refractivity contribution in [3.8, 4) is 0 Å². The second-order valence-electron chi connectivity index (χ2n) is 6.24. The predicted octanol–water partition coefficient (Wildman–Crippen LogP) is 2.82. The molecule has 1 atom stereocenters. The van der Waals surface area contributed by atoms with E-state index in [4.69, 9.17) is 0 Å². The molecule has 0 bridgehead atoms. The van der Waals surface area contributed by atoms with E-state index in [1.54, 1.807) is 0 Å². The van der Waals surface area contributed by atoms with Crippen LogP contribution in [0.4, 0.5) is 11.4 Å². The first-order chi connectivity index (χ1) is 11.2. The van der Waals surface area contributed by atoms with E-state index < -0.39 is 26.5 Å². The molecular formula is C16H17N3O4S. The maximum atomic E-state index is 12.7. The Hall–Kier alpha value is -2.45. The predicted molar refractivity (Wildman–Crippen MR) is 90.3 cm³/mol. The van der Waals surface area contributed by atoms with Gasteiger partial charge in [-0.05, 0) is 37.6 Å². The first-order valence-corrected chi connectivity index (χ1v) is 8.83. The Balaban J connectivity index is 1.93. The number of sulfonamides is 1. The standard InChI is InChI=1S/C16H17N3O4S/c1-16(2)15(13-5-3-4-6-14(13)17-16)18-24(22,23)12-9-7-11(8-10-12)19(20)21/h3-10,15,17-18H,1-2H3. The summed E-state index contributed by atoms with van der Waals surface area (Å²) in [7, 11) is -3.81. The summed E-state index contributed by atoms with van der Waals surface area (Å²) < 4.78 is 28.0. The van der Waals surface area contributed by atoms with Gasteiger partial charge in [-0.3, -0.25) is 10.1 Å². The van der Waals surface area contributed by atoms with Crippen LogP contribution < -0.4 is 10.0 Å². The summed E-state index contributed by atoms with van der Waals surface area (Å²) in [6.45, 7) is 3.83. The minimum absolute atomic E-state index is 0.00622. The Morgan fingerprint density at radius 2 is 1.75 bits per heavy atom. The Kier molecular flexibility index (Phi) is 3.81. The Morgan fingerprint density at radius 3 is 2.38 bits per heavy atom. The summed E-state index contributed by atoms with van der Waals surface area (Å²) >= 11 is 0. The van der Waals surface area contributed by atoms with Crippen LogP contribution in [0.25, 0.3) is 0 Å². The lowest BCUT2D eigenvalue weighted by atomic mass is 9.94. The molecule has 0 aromatic heterocycles. The molecule has 0 radical (unpaired) electrons. The lowest BCUT2D eigenvalue weighted by molar-refractivity contribution is -0.384. The van der Waals surface area contributed by atoms with E-state index in [0.29, 0.717) is 0 Å². The average molecular weight is 347 g/mol. The van der Waals surface area contributed by atoms with Crippen molar-refractivity contribution in [2.45, 2.75) is 30.3 Å². The second kappa shape index (κ2) is 5.57. The van der Waals surface area contributed by atoms with Gasteiger partial charge in [-0.2, -0.15) is 0 Å². The van der Waals surface area contributed by atoms with Crippen LogP contribution in [0.1, 0.15) is 25.5 Å². The van der Waals surface area contributed by atoms with E-state index in [1.165, 1.54) is 24.3 Å². The summed E-state index contributed by atoms with van der Waals surface area (Å²) in [4.78, 5) is 10.1. The van der Waals surface area contributed by atoms with Crippen LogP contribution in [0.2, 0.25) is 0 Å². The molecule has 1 heterocycles. The Labute approximate surface area is 139 Å². The number of nitrogens with zero attached hydrogens (tertiary/aromatic N) is 1. The van der Waals surface area contributed by atoms with Crippen LogP contribution in [0, 0.1) is 10.1 Å². The van der Waals surface area contributed by atoms with Gasteiger partial charge < -0.3 is 5.32 Å². The van der Waals surface area contributed by atoms with Crippen molar-refractivity contribution in [2.24, 2.45) is 0 Å². The van der Waals surface area contributed by atoms with Crippen molar-refractivity contribution in [1.29, 1.82) is 0 Å². The quantitative estimate of drug-likeness (QED) is 0.654. The van der Waals surface area contributed by atoms with Crippen molar-refractivity contribution < 1.29 is 13.3 Å². The number of fused-ring (bicyclic) bond motifs is 1. The fourth-order valence-corrected chi connectivity index (χ4v) is 4.21. The lowest BCUT2D eigenvalue weighted by Gasteiger charge is -2.28. The third kappa shape index (κ3) is 2.85. The summed E-state index contributed by atoms with van der Waals surface area (Å²) in [5, 5.41) is 14.0. The zero-order valence-electron chi connectivity index (χ0n) is 13.2. The minimum atomic E-state index is -3.81. The fourth-order valence-electron chi connectivity index (χ4n) is 2.85. The number of benzene rings is 2. The molecule has 0 saturated carbocycles. The Bertz CT molecular complexity index is 892. The van der Waals surface area contributed by atoms with Crippen LogP contribution in [-0.2, 0) is 10.0 Å². The third-order valence-corrected chi connectivity index (χ3v) is 5.52. The molecule has 126 valence electrons. The number of non-ortho nitro benzene ring substituents is 1. The highest BCUT2D eigenvalue weighted by molar-refractivity contribution is 7.89. The number of anilines is 1. The van der Waals surface area contributed by atoms with Crippen LogP contribution in [0.5, 0.6) is 0 Å². The van der Waals surface area contributed by atoms with Crippen molar-refractivity contribution in [3.63, 3.8) is 0 Å². The molecule has 1 unspecified atom stereocenters. The van der Waals surface area contributed by atoms with Gasteiger partial charge in [-0.1, -0.05) is 18.2 Å². The van der Waals surface area contributed by atoms with Gasteiger partial charge in [0.25, 0.3) is 5.69 Å². The van der Waals surface area contributed by atoms with Gasteiger partial charge in [0, 0.05) is 17.8 Å². The summed E-state index contributed by atoms with van der Waals surface area (Å²) in [6.07, 6.45) is 0. The molecule has 2 N–H and O–H groups in total. The van der Waals surface area contributed by atoms with Gasteiger partial charge in [0.2, 0.25) is 10.0 Å². The van der Waals surface area contributed by atoms with E-state index in [9.17, 15) is 18.5 Å². The van der Waals surface area contributed by atoms with Gasteiger partial charge in [-0.15, -0.1) is 0 Å². The number of nitro benzene ring substituents is 1. The maximum Gasteiger partial charge on any atom is 0.269 e. The third-order valence-electron chi connectivity index (χ3n) is 4.08. The largest absolute Gasteiger partial charge is 0.378 e. The SMILES string of the molecule is CC1(C)Nc2ccccc2C1NS(=O)(=O)c1ccc([N+](=O)[O-])cc1. The van der Waals surface area contributed by atoms with Crippen LogP contribution in [-0.4, -0.2) is 18.9 Å². The van der Waals surface area contributed by atoms with Crippen LogP contribution in [0.15, 0.2) is 53.4 Å². The van der Waals surface area contributed by atoms with Crippen molar-refractivity contribution >= 4 is 21.4 Å². The molecule has 1 aliphatic heterocycles. The monoisotopic (exact) mass is 347 g/mol. The van der Waals surface area contributed by atoms with Crippen molar-refractivity contribution in [3.05, 3.63) is 64.2 Å². The summed E-state index contributed by atoms with van der Waals surface area (Å²) in [6, 6.07) is 11.9. The molecule has 2 aromatic carbocycles. The molecule has 0 fully saturated rings. The normalized spacial score (nSPS) is 18.7. The zero-order chi connectivity index (χ0) is 17.5. The van der Waals surface area contributed by atoms with Crippen LogP contribution >= 0.6 is 0 Å². The number of nitrogens with one attached hydrogen (secondary N) is 2. The first kappa shape index (κ1) is 16.4. The van der Waals surface area contributed by atoms with Gasteiger partial charge in [0.15, 0.2) is 0 Å². The van der Waals surface area contributed by atoms with Gasteiger partial charge in [0.1, 0.15) is 0 Å². The number of para-hydroxylation sites is 1. The molecule has 7 nitrogen and oxygen atoms in total. The molecule has 2 aromatic rings. The Morgan fingerprint density at radius 1 is 1.12 bits per heavy atom. The summed E-state index contributed by atoms with van der Waals surface area (Å²) in [5.74, 6) is 0. The number of nitro groups is 1. The minimum Gasteiger partial charge on any atom is -0.378 e. The molecule has 0 aliphatic carbocycles. The van der Waals surface area contributed by atoms with Crippen LogP contribution in [0.3, 0.4) is 0 Å². The van der Waals surface area contributed by atoms with E-state index in [0.717, 1.165) is 11.3 Å². The highest BCUT2D eigenvalue weighted by atomic mass is 32.2. The van der Waals surface area contributed by atoms with E-state index in [1.807, 2.05) is 38.1 Å². The number of rotatable bonds is 4. The van der Waals surface area contributed by atoms with E-state index >= 15 is 0 Å². The molecule has 0 saturated heterocycles. The molecule has 1 aliphatic rings. The number of hydrogen-bond donors (Lipinski definition) is 2. The molecule has 3 rings (SSSR count). The van der Waals surface area contributed by atoms with Gasteiger partial charge in [-0.25, -0.2) is 13.1 Å².